The minimum Gasteiger partial charge on any atom is -0.367 e. The Morgan fingerprint density at radius 1 is 1.42 bits per heavy atom. The van der Waals surface area contributed by atoms with E-state index >= 15 is 0 Å². The van der Waals surface area contributed by atoms with Crippen molar-refractivity contribution in [2.24, 2.45) is 11.3 Å². The van der Waals surface area contributed by atoms with Crippen LogP contribution in [0.3, 0.4) is 0 Å². The van der Waals surface area contributed by atoms with Gasteiger partial charge in [0.2, 0.25) is 0 Å². The molecule has 0 atom stereocenters. The third-order valence-electron chi connectivity index (χ3n) is 3.94. The number of hydrogen-bond donors (Lipinski definition) is 1. The monoisotopic (exact) mass is 328 g/mol. The summed E-state index contributed by atoms with van der Waals surface area (Å²) in [7, 11) is 0. The highest BCUT2D eigenvalue weighted by atomic mass is 79.9. The number of nitrogens with zero attached hydrogens (tertiary/aromatic N) is 1. The van der Waals surface area contributed by atoms with Crippen LogP contribution in [-0.2, 0) is 0 Å². The first kappa shape index (κ1) is 14.8. The molecule has 0 spiro atoms. The van der Waals surface area contributed by atoms with Gasteiger partial charge in [0.1, 0.15) is 0 Å². The predicted molar refractivity (Wildman–Crippen MR) is 80.7 cm³/mol. The number of hydrogen-bond acceptors (Lipinski definition) is 2. The van der Waals surface area contributed by atoms with Crippen LogP contribution >= 0.6 is 15.9 Å². The van der Waals surface area contributed by atoms with Crippen molar-refractivity contribution in [2.75, 3.05) is 11.9 Å². The van der Waals surface area contributed by atoms with Crippen molar-refractivity contribution in [1.29, 1.82) is 0 Å². The summed E-state index contributed by atoms with van der Waals surface area (Å²) < 4.78 is 14.4. The van der Waals surface area contributed by atoms with E-state index in [1.165, 1.54) is 38.2 Å². The molecule has 1 aromatic heterocycles. The molecule has 1 fully saturated rings. The van der Waals surface area contributed by atoms with Crippen molar-refractivity contribution in [1.82, 2.24) is 4.98 Å². The van der Waals surface area contributed by atoms with Gasteiger partial charge >= 0.3 is 0 Å². The molecule has 1 saturated carbocycles. The Kier molecular flexibility index (Phi) is 4.82. The molecular formula is C15H22BrFN2. The van der Waals surface area contributed by atoms with Crippen LogP contribution in [0, 0.1) is 17.2 Å². The summed E-state index contributed by atoms with van der Waals surface area (Å²) in [5.74, 6) is 0.771. The first-order chi connectivity index (χ1) is 9.01. The molecule has 1 heterocycles. The lowest BCUT2D eigenvalue weighted by atomic mass is 9.78. The number of anilines is 1. The van der Waals surface area contributed by atoms with Crippen LogP contribution in [0.25, 0.3) is 0 Å². The van der Waals surface area contributed by atoms with E-state index in [4.69, 9.17) is 0 Å². The number of aromatic nitrogens is 1. The van der Waals surface area contributed by atoms with Gasteiger partial charge in [0.15, 0.2) is 11.6 Å². The topological polar surface area (TPSA) is 24.9 Å². The van der Waals surface area contributed by atoms with E-state index in [0.29, 0.717) is 21.6 Å². The van der Waals surface area contributed by atoms with Gasteiger partial charge in [0, 0.05) is 17.2 Å². The Bertz CT molecular complexity index is 428. The quantitative estimate of drug-likeness (QED) is 0.822. The van der Waals surface area contributed by atoms with Gasteiger partial charge < -0.3 is 5.32 Å². The lowest BCUT2D eigenvalue weighted by Gasteiger charge is -2.31. The molecule has 19 heavy (non-hydrogen) atoms. The lowest BCUT2D eigenvalue weighted by molar-refractivity contribution is 0.252. The van der Waals surface area contributed by atoms with Crippen molar-refractivity contribution >= 4 is 21.7 Å². The summed E-state index contributed by atoms with van der Waals surface area (Å²) in [6, 6.07) is 1.46. The minimum absolute atomic E-state index is 0.285. The molecule has 2 rings (SSSR count). The van der Waals surface area contributed by atoms with Crippen LogP contribution < -0.4 is 5.32 Å². The fourth-order valence-corrected chi connectivity index (χ4v) is 3.56. The molecule has 0 aromatic carbocycles. The lowest BCUT2D eigenvalue weighted by Crippen LogP contribution is -2.29. The molecule has 0 aliphatic heterocycles. The molecule has 0 radical (unpaired) electrons. The Hall–Kier alpha value is -0.640. The molecular weight excluding hydrogens is 307 g/mol. The third-order valence-corrected chi connectivity index (χ3v) is 4.38. The van der Waals surface area contributed by atoms with Gasteiger partial charge in [-0.3, -0.25) is 0 Å². The van der Waals surface area contributed by atoms with E-state index in [0.717, 1.165) is 6.54 Å². The number of nitrogens with one attached hydrogen (secondary N) is 1. The van der Waals surface area contributed by atoms with Crippen molar-refractivity contribution < 1.29 is 4.39 Å². The van der Waals surface area contributed by atoms with E-state index < -0.39 is 0 Å². The second kappa shape index (κ2) is 6.21. The van der Waals surface area contributed by atoms with Gasteiger partial charge in [-0.15, -0.1) is 0 Å². The average Bonchev–Trinajstić information content (AvgIpc) is 2.76. The van der Waals surface area contributed by atoms with Crippen LogP contribution in [0.4, 0.5) is 10.2 Å². The van der Waals surface area contributed by atoms with Gasteiger partial charge in [-0.25, -0.2) is 9.37 Å². The molecule has 106 valence electrons. The maximum atomic E-state index is 13.8. The minimum atomic E-state index is -0.285. The van der Waals surface area contributed by atoms with Gasteiger partial charge in [0.25, 0.3) is 0 Å². The van der Waals surface area contributed by atoms with Crippen molar-refractivity contribution in [3.8, 4) is 0 Å². The fourth-order valence-electron chi connectivity index (χ4n) is 3.26. The summed E-state index contributed by atoms with van der Waals surface area (Å²) in [5, 5.41) is 3.22. The average molecular weight is 329 g/mol. The largest absolute Gasteiger partial charge is 0.367 e. The zero-order valence-corrected chi connectivity index (χ0v) is 13.3. The first-order valence-electron chi connectivity index (χ1n) is 7.06. The molecule has 0 bridgehead atoms. The molecule has 4 heteroatoms. The predicted octanol–water partition coefficient (Wildman–Crippen LogP) is 5.00. The smallest absolute Gasteiger partial charge is 0.166 e. The Morgan fingerprint density at radius 2 is 2.11 bits per heavy atom. The van der Waals surface area contributed by atoms with E-state index in [1.807, 2.05) is 0 Å². The zero-order chi connectivity index (χ0) is 13.9. The summed E-state index contributed by atoms with van der Waals surface area (Å²) in [6.45, 7) is 5.35. The first-order valence-corrected chi connectivity index (χ1v) is 7.85. The van der Waals surface area contributed by atoms with Crippen molar-refractivity contribution in [2.45, 2.75) is 46.0 Å². The van der Waals surface area contributed by atoms with Gasteiger partial charge in [-0.1, -0.05) is 26.7 Å². The number of halogens is 2. The van der Waals surface area contributed by atoms with E-state index in [9.17, 15) is 4.39 Å². The SMILES string of the molecule is CC(C)CC1(CNc2ncc(Br)cc2F)CCCC1. The molecule has 0 amide bonds. The molecule has 0 unspecified atom stereocenters. The highest BCUT2D eigenvalue weighted by molar-refractivity contribution is 9.10. The summed E-state index contributed by atoms with van der Waals surface area (Å²) in [5.41, 5.74) is 0.329. The molecule has 1 aliphatic carbocycles. The molecule has 1 aromatic rings. The summed E-state index contributed by atoms with van der Waals surface area (Å²) in [6.07, 6.45) is 7.93. The van der Waals surface area contributed by atoms with Crippen LogP contribution in [0.2, 0.25) is 0 Å². The van der Waals surface area contributed by atoms with Crippen LogP contribution in [0.5, 0.6) is 0 Å². The molecule has 0 saturated heterocycles. The second-order valence-corrected chi connectivity index (χ2v) is 7.06. The van der Waals surface area contributed by atoms with Crippen LogP contribution in [0.15, 0.2) is 16.7 Å². The third kappa shape index (κ3) is 3.91. The van der Waals surface area contributed by atoms with E-state index in [2.05, 4.69) is 40.1 Å². The highest BCUT2D eigenvalue weighted by Gasteiger charge is 2.34. The van der Waals surface area contributed by atoms with Crippen LogP contribution in [0.1, 0.15) is 46.0 Å². The number of pyridine rings is 1. The maximum Gasteiger partial charge on any atom is 0.166 e. The Labute approximate surface area is 123 Å². The molecule has 2 nitrogen and oxygen atoms in total. The second-order valence-electron chi connectivity index (χ2n) is 6.14. The van der Waals surface area contributed by atoms with Gasteiger partial charge in [-0.2, -0.15) is 0 Å². The van der Waals surface area contributed by atoms with E-state index in [-0.39, 0.29) is 5.82 Å². The van der Waals surface area contributed by atoms with Gasteiger partial charge in [0.05, 0.1) is 0 Å². The van der Waals surface area contributed by atoms with E-state index in [1.54, 1.807) is 6.20 Å². The van der Waals surface area contributed by atoms with Crippen molar-refractivity contribution in [3.05, 3.63) is 22.6 Å². The Balaban J connectivity index is 2.02. The normalized spacial score (nSPS) is 17.9. The molecule has 1 aliphatic rings. The standard InChI is InChI=1S/C15H22BrFN2/c1-11(2)8-15(5-3-4-6-15)10-19-14-13(17)7-12(16)9-18-14/h7,9,11H,3-6,8,10H2,1-2H3,(H,18,19). The zero-order valence-electron chi connectivity index (χ0n) is 11.7. The summed E-state index contributed by atoms with van der Waals surface area (Å²) >= 11 is 3.23. The molecule has 1 N–H and O–H groups in total. The van der Waals surface area contributed by atoms with Crippen molar-refractivity contribution in [3.63, 3.8) is 0 Å². The highest BCUT2D eigenvalue weighted by Crippen LogP contribution is 2.43. The number of rotatable bonds is 5. The Morgan fingerprint density at radius 3 is 2.68 bits per heavy atom. The van der Waals surface area contributed by atoms with Crippen LogP contribution in [-0.4, -0.2) is 11.5 Å². The summed E-state index contributed by atoms with van der Waals surface area (Å²) in [4.78, 5) is 4.12. The maximum absolute atomic E-state index is 13.8. The fraction of sp³-hybridized carbons (Fsp3) is 0.667. The van der Waals surface area contributed by atoms with Gasteiger partial charge in [-0.05, 0) is 52.6 Å².